The molecule has 0 aliphatic carbocycles. The highest BCUT2D eigenvalue weighted by Gasteiger charge is 2.17. The number of piperidine rings is 1. The van der Waals surface area contributed by atoms with Gasteiger partial charge in [0.25, 0.3) is 5.91 Å². The smallest absolute Gasteiger partial charge is 0.276 e. The molecule has 1 aliphatic rings. The van der Waals surface area contributed by atoms with Crippen LogP contribution in [0.25, 0.3) is 22.0 Å². The number of H-pyrrole nitrogens is 1. The van der Waals surface area contributed by atoms with Gasteiger partial charge in [-0.05, 0) is 61.3 Å². The zero-order chi connectivity index (χ0) is 25.6. The zero-order valence-electron chi connectivity index (χ0n) is 20.4. The molecule has 0 unspecified atom stereocenters. The minimum Gasteiger partial charge on any atom is -0.469 e. The van der Waals surface area contributed by atoms with E-state index in [1.165, 1.54) is 31.0 Å². The van der Waals surface area contributed by atoms with Gasteiger partial charge in [-0.2, -0.15) is 5.10 Å². The molecule has 0 bridgehead atoms. The fraction of sp³-hybridized carbons (Fsp3) is 0.333. The molecule has 10 heteroatoms. The van der Waals surface area contributed by atoms with Crippen LogP contribution in [-0.4, -0.2) is 73.6 Å². The highest BCUT2D eigenvalue weighted by molar-refractivity contribution is 6.11. The Morgan fingerprint density at radius 1 is 1.03 bits per heavy atom. The molecule has 4 aromatic rings. The second-order valence-corrected chi connectivity index (χ2v) is 9.20. The molecular weight excluding hydrogens is 472 g/mol. The lowest BCUT2D eigenvalue weighted by Crippen LogP contribution is -2.29. The number of rotatable bonds is 9. The molecule has 1 fully saturated rings. The van der Waals surface area contributed by atoms with E-state index in [0.717, 1.165) is 36.3 Å². The van der Waals surface area contributed by atoms with Crippen molar-refractivity contribution in [3.8, 4) is 17.0 Å². The van der Waals surface area contributed by atoms with E-state index in [4.69, 9.17) is 14.9 Å². The molecule has 0 spiro atoms. The van der Waals surface area contributed by atoms with Gasteiger partial charge in [-0.25, -0.2) is 4.98 Å². The second-order valence-electron chi connectivity index (χ2n) is 9.20. The standard InChI is InChI=1S/C27H30N6O4/c34-16-22(17-35)37-25-7-5-21(14-29-25)30-27(36)26-23-11-19(4-6-24(23)31-32-26)20-10-18(12-28-13-20)15-33-8-2-1-3-9-33/h4-7,10-14,22,34-35H,1-3,8-9,15-17H2,(H,30,36)(H,31,32). The van der Waals surface area contributed by atoms with Crippen LogP contribution >= 0.6 is 0 Å². The Bertz CT molecular complexity index is 1350. The van der Waals surface area contributed by atoms with Crippen LogP contribution in [-0.2, 0) is 6.54 Å². The summed E-state index contributed by atoms with van der Waals surface area (Å²) in [4.78, 5) is 24.1. The lowest BCUT2D eigenvalue weighted by atomic mass is 10.0. The molecule has 37 heavy (non-hydrogen) atoms. The summed E-state index contributed by atoms with van der Waals surface area (Å²) in [7, 11) is 0. The molecule has 4 heterocycles. The summed E-state index contributed by atoms with van der Waals surface area (Å²) in [5.74, 6) is -0.142. The number of carbonyl (C=O) groups excluding carboxylic acids is 1. The van der Waals surface area contributed by atoms with Crippen LogP contribution in [0.15, 0.2) is 55.0 Å². The number of hydrogen-bond acceptors (Lipinski definition) is 8. The number of carbonyl (C=O) groups is 1. The van der Waals surface area contributed by atoms with E-state index in [2.05, 4.69) is 36.4 Å². The van der Waals surface area contributed by atoms with E-state index in [0.29, 0.717) is 11.1 Å². The lowest BCUT2D eigenvalue weighted by molar-refractivity contribution is 0.0597. The highest BCUT2D eigenvalue weighted by atomic mass is 16.5. The maximum absolute atomic E-state index is 13.0. The van der Waals surface area contributed by atoms with Crippen LogP contribution in [0.1, 0.15) is 35.3 Å². The lowest BCUT2D eigenvalue weighted by Gasteiger charge is -2.26. The summed E-state index contributed by atoms with van der Waals surface area (Å²) in [5.41, 5.74) is 4.62. The number of aliphatic hydroxyl groups excluding tert-OH is 2. The van der Waals surface area contributed by atoms with Crippen molar-refractivity contribution in [2.75, 3.05) is 31.6 Å². The third-order valence-electron chi connectivity index (χ3n) is 6.45. The molecule has 5 rings (SSSR count). The molecule has 1 amide bonds. The van der Waals surface area contributed by atoms with Crippen molar-refractivity contribution in [1.29, 1.82) is 0 Å². The summed E-state index contributed by atoms with van der Waals surface area (Å²) in [5, 5.41) is 29.0. The molecular formula is C27H30N6O4. The first kappa shape index (κ1) is 24.8. The Balaban J connectivity index is 1.32. The van der Waals surface area contributed by atoms with E-state index >= 15 is 0 Å². The van der Waals surface area contributed by atoms with Crippen molar-refractivity contribution >= 4 is 22.5 Å². The fourth-order valence-electron chi connectivity index (χ4n) is 4.49. The Morgan fingerprint density at radius 2 is 1.86 bits per heavy atom. The number of likely N-dealkylation sites (tertiary alicyclic amines) is 1. The second kappa shape index (κ2) is 11.5. The first-order valence-corrected chi connectivity index (χ1v) is 12.4. The molecule has 10 nitrogen and oxygen atoms in total. The van der Waals surface area contributed by atoms with E-state index in [-0.39, 0.29) is 30.7 Å². The predicted molar refractivity (Wildman–Crippen MR) is 139 cm³/mol. The third-order valence-corrected chi connectivity index (χ3v) is 6.45. The number of benzene rings is 1. The van der Waals surface area contributed by atoms with Gasteiger partial charge in [0.05, 0.1) is 30.6 Å². The van der Waals surface area contributed by atoms with Crippen molar-refractivity contribution in [1.82, 2.24) is 25.1 Å². The van der Waals surface area contributed by atoms with Gasteiger partial charge in [0.2, 0.25) is 5.88 Å². The topological polar surface area (TPSA) is 136 Å². The Labute approximate surface area is 214 Å². The van der Waals surface area contributed by atoms with Gasteiger partial charge >= 0.3 is 0 Å². The maximum Gasteiger partial charge on any atom is 0.276 e. The fourth-order valence-corrected chi connectivity index (χ4v) is 4.49. The van der Waals surface area contributed by atoms with Gasteiger partial charge in [0.1, 0.15) is 6.10 Å². The first-order chi connectivity index (χ1) is 18.1. The average Bonchev–Trinajstić information content (AvgIpc) is 3.37. The zero-order valence-corrected chi connectivity index (χ0v) is 20.4. The number of aromatic nitrogens is 4. The number of amides is 1. The Kier molecular flexibility index (Phi) is 7.69. The number of nitrogens with one attached hydrogen (secondary N) is 2. The molecule has 1 saturated heterocycles. The van der Waals surface area contributed by atoms with Crippen LogP contribution < -0.4 is 10.1 Å². The van der Waals surface area contributed by atoms with Crippen molar-refractivity contribution < 1.29 is 19.7 Å². The molecule has 0 atom stereocenters. The maximum atomic E-state index is 13.0. The summed E-state index contributed by atoms with van der Waals surface area (Å²) < 4.78 is 5.36. The van der Waals surface area contributed by atoms with Gasteiger partial charge in [-0.1, -0.05) is 12.5 Å². The molecule has 0 saturated carbocycles. The molecule has 4 N–H and O–H groups in total. The highest BCUT2D eigenvalue weighted by Crippen LogP contribution is 2.27. The van der Waals surface area contributed by atoms with Gasteiger partial charge in [0, 0.05) is 36.0 Å². The minimum atomic E-state index is -0.752. The van der Waals surface area contributed by atoms with Gasteiger partial charge in [0.15, 0.2) is 5.69 Å². The number of anilines is 1. The number of aliphatic hydroxyl groups is 2. The van der Waals surface area contributed by atoms with Crippen molar-refractivity contribution in [3.05, 3.63) is 66.2 Å². The van der Waals surface area contributed by atoms with Crippen LogP contribution in [0.4, 0.5) is 5.69 Å². The average molecular weight is 503 g/mol. The van der Waals surface area contributed by atoms with E-state index in [1.54, 1.807) is 12.1 Å². The molecule has 3 aromatic heterocycles. The van der Waals surface area contributed by atoms with E-state index < -0.39 is 6.10 Å². The molecule has 1 aromatic carbocycles. The number of fused-ring (bicyclic) bond motifs is 1. The van der Waals surface area contributed by atoms with Crippen LogP contribution in [0.3, 0.4) is 0 Å². The monoisotopic (exact) mass is 502 g/mol. The Hall–Kier alpha value is -3.86. The summed E-state index contributed by atoms with van der Waals surface area (Å²) >= 11 is 0. The molecule has 192 valence electrons. The number of pyridine rings is 2. The van der Waals surface area contributed by atoms with Gasteiger partial charge < -0.3 is 20.3 Å². The molecule has 1 aliphatic heterocycles. The SMILES string of the molecule is O=C(Nc1ccc(OC(CO)CO)nc1)c1n[nH]c2ccc(-c3cncc(CN4CCCCC4)c3)cc12. The normalized spacial score (nSPS) is 14.2. The largest absolute Gasteiger partial charge is 0.469 e. The minimum absolute atomic E-state index is 0.233. The number of nitrogens with zero attached hydrogens (tertiary/aromatic N) is 4. The van der Waals surface area contributed by atoms with Crippen molar-refractivity contribution in [3.63, 3.8) is 0 Å². The van der Waals surface area contributed by atoms with Crippen LogP contribution in [0, 0.1) is 0 Å². The Morgan fingerprint density at radius 3 is 2.62 bits per heavy atom. The predicted octanol–water partition coefficient (Wildman–Crippen LogP) is 2.99. The van der Waals surface area contributed by atoms with E-state index in [9.17, 15) is 4.79 Å². The molecule has 0 radical (unpaired) electrons. The van der Waals surface area contributed by atoms with Crippen LogP contribution in [0.5, 0.6) is 5.88 Å². The quantitative estimate of drug-likeness (QED) is 0.274. The van der Waals surface area contributed by atoms with Gasteiger partial charge in [-0.15, -0.1) is 0 Å². The van der Waals surface area contributed by atoms with Crippen LogP contribution in [0.2, 0.25) is 0 Å². The third kappa shape index (κ3) is 5.93. The van der Waals surface area contributed by atoms with Gasteiger partial charge in [-0.3, -0.25) is 19.8 Å². The van der Waals surface area contributed by atoms with Crippen molar-refractivity contribution in [2.45, 2.75) is 31.9 Å². The number of hydrogen-bond donors (Lipinski definition) is 4. The van der Waals surface area contributed by atoms with E-state index in [1.807, 2.05) is 30.6 Å². The first-order valence-electron chi connectivity index (χ1n) is 12.4. The summed E-state index contributed by atoms with van der Waals surface area (Å²) in [6.45, 7) is 2.48. The number of aromatic amines is 1. The summed E-state index contributed by atoms with van der Waals surface area (Å²) in [6.07, 6.45) is 8.26. The summed E-state index contributed by atoms with van der Waals surface area (Å²) in [6, 6.07) is 11.2. The number of ether oxygens (including phenoxy) is 1. The van der Waals surface area contributed by atoms with Crippen molar-refractivity contribution in [2.24, 2.45) is 0 Å².